The van der Waals surface area contributed by atoms with Crippen LogP contribution in [0.25, 0.3) is 0 Å². The molecule has 1 fully saturated rings. The van der Waals surface area contributed by atoms with Gasteiger partial charge in [-0.05, 0) is 33.6 Å². The third kappa shape index (κ3) is 4.22. The Kier molecular flexibility index (Phi) is 6.09. The predicted molar refractivity (Wildman–Crippen MR) is 77.9 cm³/mol. The molecule has 0 spiro atoms. The van der Waals surface area contributed by atoms with Gasteiger partial charge in [-0.3, -0.25) is 9.80 Å². The first-order chi connectivity index (χ1) is 8.40. The highest BCUT2D eigenvalue weighted by atomic mass is 16.3. The molecule has 0 radical (unpaired) electrons. The maximum absolute atomic E-state index is 10.2. The highest BCUT2D eigenvalue weighted by molar-refractivity contribution is 4.86. The number of hydrogen-bond acceptors (Lipinski definition) is 3. The Morgan fingerprint density at radius 3 is 2.00 bits per heavy atom. The van der Waals surface area contributed by atoms with E-state index in [0.29, 0.717) is 6.04 Å². The van der Waals surface area contributed by atoms with Gasteiger partial charge in [0.2, 0.25) is 0 Å². The van der Waals surface area contributed by atoms with Crippen LogP contribution in [0.4, 0.5) is 0 Å². The quantitative estimate of drug-likeness (QED) is 0.818. The molecule has 0 aromatic rings. The first kappa shape index (κ1) is 15.9. The molecule has 2 atom stereocenters. The summed E-state index contributed by atoms with van der Waals surface area (Å²) in [5, 5.41) is 10.2. The van der Waals surface area contributed by atoms with E-state index in [-0.39, 0.29) is 11.6 Å². The van der Waals surface area contributed by atoms with Gasteiger partial charge in [0.15, 0.2) is 0 Å². The Hall–Kier alpha value is -0.120. The average Bonchev–Trinajstić information content (AvgIpc) is 2.30. The molecule has 0 aromatic heterocycles. The molecule has 0 amide bonds. The Labute approximate surface area is 113 Å². The van der Waals surface area contributed by atoms with Crippen LogP contribution >= 0.6 is 0 Å². The lowest BCUT2D eigenvalue weighted by Crippen LogP contribution is -2.57. The Balaban J connectivity index is 2.50. The summed E-state index contributed by atoms with van der Waals surface area (Å²) in [7, 11) is 0. The van der Waals surface area contributed by atoms with E-state index in [1.54, 1.807) is 0 Å². The molecule has 1 aliphatic rings. The molecule has 1 aliphatic heterocycles. The fourth-order valence-corrected chi connectivity index (χ4v) is 2.99. The third-order valence-corrected chi connectivity index (χ3v) is 4.18. The zero-order valence-electron chi connectivity index (χ0n) is 12.9. The van der Waals surface area contributed by atoms with E-state index in [0.717, 1.165) is 45.4 Å². The smallest absolute Gasteiger partial charge is 0.0695 e. The molecule has 1 rings (SSSR count). The van der Waals surface area contributed by atoms with E-state index in [2.05, 4.69) is 44.4 Å². The second-order valence-electron chi connectivity index (χ2n) is 6.53. The minimum absolute atomic E-state index is 0.152. The van der Waals surface area contributed by atoms with Crippen molar-refractivity contribution in [3.05, 3.63) is 0 Å². The van der Waals surface area contributed by atoms with E-state index in [4.69, 9.17) is 0 Å². The highest BCUT2D eigenvalue weighted by Crippen LogP contribution is 2.20. The average molecular weight is 256 g/mol. The van der Waals surface area contributed by atoms with E-state index in [1.165, 1.54) is 0 Å². The van der Waals surface area contributed by atoms with Crippen LogP contribution in [0.5, 0.6) is 0 Å². The second kappa shape index (κ2) is 6.88. The SMILES string of the molecule is CCCC(O)C(CC)N1CCN(C(C)(C)C)CC1. The maximum atomic E-state index is 10.2. The summed E-state index contributed by atoms with van der Waals surface area (Å²) < 4.78 is 0. The number of rotatable bonds is 5. The van der Waals surface area contributed by atoms with E-state index in [1.807, 2.05) is 0 Å². The minimum Gasteiger partial charge on any atom is -0.391 e. The van der Waals surface area contributed by atoms with Gasteiger partial charge < -0.3 is 5.11 Å². The Morgan fingerprint density at radius 2 is 1.61 bits per heavy atom. The van der Waals surface area contributed by atoms with E-state index in [9.17, 15) is 5.11 Å². The first-order valence-electron chi connectivity index (χ1n) is 7.57. The van der Waals surface area contributed by atoms with Crippen molar-refractivity contribution in [2.75, 3.05) is 26.2 Å². The largest absolute Gasteiger partial charge is 0.391 e. The molecule has 3 heteroatoms. The summed E-state index contributed by atoms with van der Waals surface area (Å²) in [5.74, 6) is 0. The lowest BCUT2D eigenvalue weighted by Gasteiger charge is -2.45. The molecule has 18 heavy (non-hydrogen) atoms. The molecule has 1 heterocycles. The van der Waals surface area contributed by atoms with Crippen molar-refractivity contribution in [2.45, 2.75) is 71.6 Å². The predicted octanol–water partition coefficient (Wildman–Crippen LogP) is 2.34. The van der Waals surface area contributed by atoms with Gasteiger partial charge in [-0.15, -0.1) is 0 Å². The van der Waals surface area contributed by atoms with E-state index < -0.39 is 0 Å². The molecule has 108 valence electrons. The number of nitrogens with zero attached hydrogens (tertiary/aromatic N) is 2. The van der Waals surface area contributed by atoms with Crippen molar-refractivity contribution in [2.24, 2.45) is 0 Å². The zero-order valence-corrected chi connectivity index (χ0v) is 12.9. The molecule has 0 aliphatic carbocycles. The van der Waals surface area contributed by atoms with Crippen LogP contribution in [0.1, 0.15) is 53.9 Å². The second-order valence-corrected chi connectivity index (χ2v) is 6.53. The zero-order chi connectivity index (χ0) is 13.8. The monoisotopic (exact) mass is 256 g/mol. The molecule has 1 N–H and O–H groups in total. The van der Waals surface area contributed by atoms with Gasteiger partial charge in [-0.25, -0.2) is 0 Å². The Bertz CT molecular complexity index is 229. The molecule has 2 unspecified atom stereocenters. The molecule has 1 saturated heterocycles. The standard InChI is InChI=1S/C15H32N2O/c1-6-8-14(18)13(7-2)16-9-11-17(12-10-16)15(3,4)5/h13-14,18H,6-12H2,1-5H3. The fraction of sp³-hybridized carbons (Fsp3) is 1.00. The minimum atomic E-state index is -0.152. The van der Waals surface area contributed by atoms with Gasteiger partial charge in [-0.2, -0.15) is 0 Å². The van der Waals surface area contributed by atoms with Gasteiger partial charge in [-0.1, -0.05) is 20.3 Å². The molecular formula is C15H32N2O. The summed E-state index contributed by atoms with van der Waals surface area (Å²) in [6.45, 7) is 15.6. The van der Waals surface area contributed by atoms with Crippen molar-refractivity contribution in [1.82, 2.24) is 9.80 Å². The lowest BCUT2D eigenvalue weighted by atomic mass is 10.00. The summed E-state index contributed by atoms with van der Waals surface area (Å²) in [5.41, 5.74) is 0.274. The van der Waals surface area contributed by atoms with Crippen LogP contribution in [-0.4, -0.2) is 58.8 Å². The van der Waals surface area contributed by atoms with Crippen molar-refractivity contribution < 1.29 is 5.11 Å². The molecule has 3 nitrogen and oxygen atoms in total. The van der Waals surface area contributed by atoms with Crippen LogP contribution in [0.3, 0.4) is 0 Å². The number of piperazine rings is 1. The van der Waals surface area contributed by atoms with Crippen LogP contribution in [-0.2, 0) is 0 Å². The summed E-state index contributed by atoms with van der Waals surface area (Å²) in [6.07, 6.45) is 2.90. The summed E-state index contributed by atoms with van der Waals surface area (Å²) in [6, 6.07) is 0.354. The highest BCUT2D eigenvalue weighted by Gasteiger charge is 2.30. The topological polar surface area (TPSA) is 26.7 Å². The first-order valence-corrected chi connectivity index (χ1v) is 7.57. The maximum Gasteiger partial charge on any atom is 0.0695 e. The molecular weight excluding hydrogens is 224 g/mol. The van der Waals surface area contributed by atoms with Gasteiger partial charge in [0.05, 0.1) is 6.10 Å². The lowest BCUT2D eigenvalue weighted by molar-refractivity contribution is -0.00659. The number of hydrogen-bond donors (Lipinski definition) is 1. The third-order valence-electron chi connectivity index (χ3n) is 4.18. The van der Waals surface area contributed by atoms with Crippen LogP contribution < -0.4 is 0 Å². The van der Waals surface area contributed by atoms with Crippen molar-refractivity contribution in [3.63, 3.8) is 0 Å². The van der Waals surface area contributed by atoms with Gasteiger partial charge in [0.1, 0.15) is 0 Å². The Morgan fingerprint density at radius 1 is 1.06 bits per heavy atom. The molecule has 0 aromatic carbocycles. The van der Waals surface area contributed by atoms with Crippen molar-refractivity contribution >= 4 is 0 Å². The normalized spacial score (nSPS) is 23.0. The van der Waals surface area contributed by atoms with Crippen molar-refractivity contribution in [3.8, 4) is 0 Å². The van der Waals surface area contributed by atoms with Gasteiger partial charge in [0.25, 0.3) is 0 Å². The van der Waals surface area contributed by atoms with Crippen LogP contribution in [0, 0.1) is 0 Å². The molecule has 0 saturated carbocycles. The van der Waals surface area contributed by atoms with Crippen LogP contribution in [0.15, 0.2) is 0 Å². The molecule has 0 bridgehead atoms. The van der Waals surface area contributed by atoms with Crippen molar-refractivity contribution in [1.29, 1.82) is 0 Å². The summed E-state index contributed by atoms with van der Waals surface area (Å²) >= 11 is 0. The van der Waals surface area contributed by atoms with Crippen LogP contribution in [0.2, 0.25) is 0 Å². The van der Waals surface area contributed by atoms with Gasteiger partial charge >= 0.3 is 0 Å². The van der Waals surface area contributed by atoms with E-state index >= 15 is 0 Å². The van der Waals surface area contributed by atoms with Gasteiger partial charge in [0, 0.05) is 37.8 Å². The number of aliphatic hydroxyl groups excluding tert-OH is 1. The number of aliphatic hydroxyl groups is 1. The summed E-state index contributed by atoms with van der Waals surface area (Å²) in [4.78, 5) is 5.03. The fourth-order valence-electron chi connectivity index (χ4n) is 2.99.